The van der Waals surface area contributed by atoms with Crippen molar-refractivity contribution in [3.63, 3.8) is 0 Å². The summed E-state index contributed by atoms with van der Waals surface area (Å²) < 4.78 is 2.40. The summed E-state index contributed by atoms with van der Waals surface area (Å²) in [4.78, 5) is 50.6. The topological polar surface area (TPSA) is 78.1 Å². The van der Waals surface area contributed by atoms with Crippen molar-refractivity contribution in [2.45, 2.75) is 51.6 Å². The Bertz CT molecular complexity index is 1060. The molecule has 6 nitrogen and oxygen atoms in total. The van der Waals surface area contributed by atoms with Gasteiger partial charge in [0.2, 0.25) is 0 Å². The number of hydrogen-bond acceptors (Lipinski definition) is 4. The summed E-state index contributed by atoms with van der Waals surface area (Å²) in [7, 11) is 0. The Balaban J connectivity index is 2.04. The number of unbranched alkanes of at least 4 members (excludes halogenated alkanes) is 4. The second-order valence-electron chi connectivity index (χ2n) is 7.04. The van der Waals surface area contributed by atoms with Crippen LogP contribution in [0.4, 0.5) is 0 Å². The fraction of sp³-hybridized carbons (Fsp3) is 0.364. The highest BCUT2D eigenvalue weighted by Gasteiger charge is 2.19. The molecule has 0 saturated heterocycles. The van der Waals surface area contributed by atoms with Gasteiger partial charge in [0.25, 0.3) is 22.2 Å². The minimum Gasteiger partial charge on any atom is -0.274 e. The van der Waals surface area contributed by atoms with E-state index in [-0.39, 0.29) is 21.5 Å². The summed E-state index contributed by atoms with van der Waals surface area (Å²) in [6.45, 7) is 7.96. The third-order valence-corrected chi connectivity index (χ3v) is 5.14. The number of hydrogen-bond donors (Lipinski definition) is 0. The quantitative estimate of drug-likeness (QED) is 0.400. The number of nitrogens with zero attached hydrogens (tertiary/aromatic N) is 2. The molecule has 3 aromatic rings. The predicted molar refractivity (Wildman–Crippen MR) is 113 cm³/mol. The number of fused-ring (bicyclic) bond motifs is 2. The van der Waals surface area contributed by atoms with Crippen LogP contribution in [0.15, 0.2) is 56.6 Å². The third kappa shape index (κ3) is 3.42. The van der Waals surface area contributed by atoms with Crippen molar-refractivity contribution >= 4 is 21.5 Å². The summed E-state index contributed by atoms with van der Waals surface area (Å²) in [5.41, 5.74) is -1.59. The second-order valence-corrected chi connectivity index (χ2v) is 7.04. The summed E-state index contributed by atoms with van der Waals surface area (Å²) in [6, 6.07) is 2.83. The molecule has 6 heteroatoms. The van der Waals surface area contributed by atoms with E-state index in [2.05, 4.69) is 13.2 Å². The second kappa shape index (κ2) is 8.33. The van der Waals surface area contributed by atoms with Crippen LogP contribution in [0.1, 0.15) is 38.5 Å². The van der Waals surface area contributed by atoms with Gasteiger partial charge < -0.3 is 0 Å². The zero-order valence-electron chi connectivity index (χ0n) is 15.9. The zero-order chi connectivity index (χ0) is 20.3. The Morgan fingerprint density at radius 1 is 0.607 bits per heavy atom. The Labute approximate surface area is 161 Å². The predicted octanol–water partition coefficient (Wildman–Crippen LogP) is 2.63. The summed E-state index contributed by atoms with van der Waals surface area (Å²) >= 11 is 0. The van der Waals surface area contributed by atoms with E-state index in [1.54, 1.807) is 12.2 Å². The van der Waals surface area contributed by atoms with Gasteiger partial charge in [-0.25, -0.2) is 0 Å². The molecule has 0 aliphatic carbocycles. The van der Waals surface area contributed by atoms with Crippen molar-refractivity contribution in [3.05, 3.63) is 78.9 Å². The van der Waals surface area contributed by atoms with Gasteiger partial charge in [0.1, 0.15) is 0 Å². The molecule has 0 N–H and O–H groups in total. The summed E-state index contributed by atoms with van der Waals surface area (Å²) in [5, 5.41) is 0.841. The lowest BCUT2D eigenvalue weighted by Gasteiger charge is -1.98. The molecular formula is C22H24N2O4. The maximum Gasteiger partial charge on any atom is 0.261 e. The first-order valence-corrected chi connectivity index (χ1v) is 9.63. The van der Waals surface area contributed by atoms with E-state index in [9.17, 15) is 19.2 Å². The Morgan fingerprint density at radius 2 is 0.929 bits per heavy atom. The minimum atomic E-state index is -0.397. The largest absolute Gasteiger partial charge is 0.274 e. The zero-order valence-corrected chi connectivity index (χ0v) is 15.9. The number of benzene rings is 1. The van der Waals surface area contributed by atoms with Gasteiger partial charge in [0, 0.05) is 13.1 Å². The van der Waals surface area contributed by atoms with Crippen LogP contribution in [0.5, 0.6) is 0 Å². The highest BCUT2D eigenvalue weighted by atomic mass is 16.2. The van der Waals surface area contributed by atoms with E-state index >= 15 is 0 Å². The molecule has 0 bridgehead atoms. The van der Waals surface area contributed by atoms with Gasteiger partial charge in [-0.3, -0.25) is 28.3 Å². The molecule has 0 unspecified atom stereocenters. The standard InChI is InChI=1S/C22H24N2O4/c1-3-5-7-9-11-23-19(25)15-13-17-18(14-16(15)20(23)26)22(28)24(21(17)27)12-10-8-6-4-2/h3-4,13-14H,1-2,5-12H2. The maximum atomic E-state index is 12.7. The molecule has 28 heavy (non-hydrogen) atoms. The van der Waals surface area contributed by atoms with Crippen molar-refractivity contribution in [3.8, 4) is 0 Å². The fourth-order valence-electron chi connectivity index (χ4n) is 3.60. The van der Waals surface area contributed by atoms with E-state index in [4.69, 9.17) is 0 Å². The van der Waals surface area contributed by atoms with E-state index < -0.39 is 22.2 Å². The molecule has 0 amide bonds. The molecule has 2 heterocycles. The van der Waals surface area contributed by atoms with E-state index in [0.717, 1.165) is 25.7 Å². The lowest BCUT2D eigenvalue weighted by Crippen LogP contribution is -2.26. The minimum absolute atomic E-state index is 0.210. The SMILES string of the molecule is C=CCCCCn1c(=O)c2cc3c(=O)n(CCCCC=C)c(=O)c3cc2c1=O. The van der Waals surface area contributed by atoms with Crippen LogP contribution in [0.2, 0.25) is 0 Å². The van der Waals surface area contributed by atoms with Gasteiger partial charge in [-0.1, -0.05) is 12.2 Å². The van der Waals surface area contributed by atoms with Crippen LogP contribution in [-0.2, 0) is 13.1 Å². The Hall–Kier alpha value is -3.02. The summed E-state index contributed by atoms with van der Waals surface area (Å²) in [6.07, 6.45) is 8.30. The lowest BCUT2D eigenvalue weighted by atomic mass is 10.1. The van der Waals surface area contributed by atoms with Gasteiger partial charge in [0.05, 0.1) is 21.5 Å². The van der Waals surface area contributed by atoms with Crippen molar-refractivity contribution in [1.29, 1.82) is 0 Å². The van der Waals surface area contributed by atoms with Gasteiger partial charge in [-0.05, 0) is 50.7 Å². The number of rotatable bonds is 10. The molecule has 0 aliphatic heterocycles. The molecule has 0 atom stereocenters. The number of allylic oxidation sites excluding steroid dienone is 2. The normalized spacial score (nSPS) is 11.4. The summed E-state index contributed by atoms with van der Waals surface area (Å²) in [5.74, 6) is 0. The molecule has 0 saturated carbocycles. The van der Waals surface area contributed by atoms with Gasteiger partial charge >= 0.3 is 0 Å². The molecule has 146 valence electrons. The van der Waals surface area contributed by atoms with Crippen LogP contribution < -0.4 is 22.2 Å². The number of aromatic nitrogens is 2. The van der Waals surface area contributed by atoms with E-state index in [1.165, 1.54) is 21.3 Å². The van der Waals surface area contributed by atoms with Crippen molar-refractivity contribution in [2.24, 2.45) is 0 Å². The molecule has 0 radical (unpaired) electrons. The highest BCUT2D eigenvalue weighted by Crippen LogP contribution is 2.15. The third-order valence-electron chi connectivity index (χ3n) is 5.14. The van der Waals surface area contributed by atoms with Crippen LogP contribution in [0, 0.1) is 0 Å². The molecule has 1 aromatic carbocycles. The van der Waals surface area contributed by atoms with E-state index in [0.29, 0.717) is 25.9 Å². The van der Waals surface area contributed by atoms with Gasteiger partial charge in [0.15, 0.2) is 0 Å². The molecule has 0 aliphatic rings. The molecular weight excluding hydrogens is 356 g/mol. The van der Waals surface area contributed by atoms with Crippen molar-refractivity contribution in [1.82, 2.24) is 9.13 Å². The monoisotopic (exact) mass is 380 g/mol. The smallest absolute Gasteiger partial charge is 0.261 e. The lowest BCUT2D eigenvalue weighted by molar-refractivity contribution is 0.594. The first-order valence-electron chi connectivity index (χ1n) is 9.63. The first kappa shape index (κ1) is 19.7. The van der Waals surface area contributed by atoms with Gasteiger partial charge in [-0.2, -0.15) is 0 Å². The highest BCUT2D eigenvalue weighted by molar-refractivity contribution is 5.97. The Kier molecular flexibility index (Phi) is 5.87. The first-order chi connectivity index (χ1) is 13.5. The Morgan fingerprint density at radius 3 is 1.21 bits per heavy atom. The average Bonchev–Trinajstić information content (AvgIpc) is 3.07. The van der Waals surface area contributed by atoms with Crippen LogP contribution in [-0.4, -0.2) is 9.13 Å². The molecule has 0 spiro atoms. The van der Waals surface area contributed by atoms with Crippen LogP contribution in [0.3, 0.4) is 0 Å². The van der Waals surface area contributed by atoms with Crippen LogP contribution in [0.25, 0.3) is 21.5 Å². The average molecular weight is 380 g/mol. The molecule has 2 aromatic heterocycles. The van der Waals surface area contributed by atoms with Crippen LogP contribution >= 0.6 is 0 Å². The fourth-order valence-corrected chi connectivity index (χ4v) is 3.60. The molecule has 3 rings (SSSR count). The van der Waals surface area contributed by atoms with Gasteiger partial charge in [-0.15, -0.1) is 13.2 Å². The maximum absolute atomic E-state index is 12.7. The van der Waals surface area contributed by atoms with Crippen molar-refractivity contribution < 1.29 is 0 Å². The molecule has 0 fully saturated rings. The van der Waals surface area contributed by atoms with E-state index in [1.807, 2.05) is 0 Å². The van der Waals surface area contributed by atoms with Crippen molar-refractivity contribution in [2.75, 3.05) is 0 Å².